The van der Waals surface area contributed by atoms with E-state index < -0.39 is 0 Å². The van der Waals surface area contributed by atoms with Crippen LogP contribution in [0.1, 0.15) is 12.8 Å². The minimum absolute atomic E-state index is 1.34. The number of hydrogen-bond donors (Lipinski definition) is 0. The molecule has 0 fully saturated rings. The Hall–Kier alpha value is 0.947. The maximum absolute atomic E-state index is 2.24. The Bertz CT molecular complexity index is 27.3. The summed E-state index contributed by atoms with van der Waals surface area (Å²) in [6.45, 7) is 0. The molecule has 2 heteroatoms. The van der Waals surface area contributed by atoms with Crippen molar-refractivity contribution in [1.29, 1.82) is 0 Å². The Morgan fingerprint density at radius 3 is 2.57 bits per heavy atom. The maximum atomic E-state index is 2.24. The van der Waals surface area contributed by atoms with Gasteiger partial charge in [0.1, 0.15) is 0 Å². The van der Waals surface area contributed by atoms with Gasteiger partial charge < -0.3 is 0 Å². The van der Waals surface area contributed by atoms with Crippen LogP contribution in [-0.4, -0.2) is 29.7 Å². The fourth-order valence-corrected chi connectivity index (χ4v) is 0.989. The van der Waals surface area contributed by atoms with E-state index in [1.54, 1.807) is 0 Å². The van der Waals surface area contributed by atoms with Crippen LogP contribution >= 0.6 is 11.8 Å². The third kappa shape index (κ3) is 6.95. The SMILES string of the molecule is [Li][CH2]CCCSC. The van der Waals surface area contributed by atoms with Gasteiger partial charge in [0.05, 0.1) is 0 Å². The zero-order chi connectivity index (χ0) is 5.54. The minimum atomic E-state index is 1.34. The van der Waals surface area contributed by atoms with Gasteiger partial charge in [-0.2, -0.15) is 0 Å². The molecule has 0 aliphatic carbocycles. The van der Waals surface area contributed by atoms with E-state index in [0.29, 0.717) is 0 Å². The van der Waals surface area contributed by atoms with Gasteiger partial charge in [0.25, 0.3) is 0 Å². The monoisotopic (exact) mass is 110 g/mol. The number of rotatable bonds is 4. The van der Waals surface area contributed by atoms with Crippen molar-refractivity contribution in [3.05, 3.63) is 0 Å². The molecule has 38 valence electrons. The fourth-order valence-electron chi connectivity index (χ4n) is 0.496. The summed E-state index contributed by atoms with van der Waals surface area (Å²) < 4.78 is 0. The summed E-state index contributed by atoms with van der Waals surface area (Å²) in [6, 6.07) is 0. The van der Waals surface area contributed by atoms with E-state index in [4.69, 9.17) is 0 Å². The molecule has 0 aliphatic rings. The molecule has 0 nitrogen and oxygen atoms in total. The first-order valence-electron chi connectivity index (χ1n) is 2.90. The van der Waals surface area contributed by atoms with Gasteiger partial charge in [0.2, 0.25) is 0 Å². The molecule has 0 spiro atoms. The Labute approximate surface area is 59.6 Å². The zero-order valence-electron chi connectivity index (χ0n) is 5.24. The predicted octanol–water partition coefficient (Wildman–Crippen LogP) is 1.72. The van der Waals surface area contributed by atoms with Crippen LogP contribution in [-0.2, 0) is 0 Å². The molecule has 0 radical (unpaired) electrons. The van der Waals surface area contributed by atoms with Crippen LogP contribution in [0.5, 0.6) is 0 Å². The van der Waals surface area contributed by atoms with Crippen molar-refractivity contribution in [2.24, 2.45) is 0 Å². The molecule has 0 aromatic carbocycles. The third-order valence-corrected chi connectivity index (χ3v) is 1.65. The molecule has 0 saturated carbocycles. The fraction of sp³-hybridized carbons (Fsp3) is 1.00. The van der Waals surface area contributed by atoms with Crippen LogP contribution in [0.3, 0.4) is 0 Å². The molecule has 0 bridgehead atoms. The van der Waals surface area contributed by atoms with Gasteiger partial charge in [0.15, 0.2) is 0 Å². The van der Waals surface area contributed by atoms with Crippen LogP contribution < -0.4 is 0 Å². The average Bonchev–Trinajstić information content (AvgIpc) is 1.69. The Kier molecular flexibility index (Phi) is 7.89. The van der Waals surface area contributed by atoms with E-state index in [-0.39, 0.29) is 0 Å². The van der Waals surface area contributed by atoms with E-state index >= 15 is 0 Å². The van der Waals surface area contributed by atoms with E-state index in [2.05, 4.69) is 24.0 Å². The van der Waals surface area contributed by atoms with Crippen molar-refractivity contribution in [3.8, 4) is 0 Å². The first kappa shape index (κ1) is 7.95. The van der Waals surface area contributed by atoms with Crippen LogP contribution in [0, 0.1) is 0 Å². The Morgan fingerprint density at radius 1 is 1.43 bits per heavy atom. The molecule has 0 saturated heterocycles. The van der Waals surface area contributed by atoms with E-state index in [1.165, 1.54) is 23.7 Å². The van der Waals surface area contributed by atoms with Crippen molar-refractivity contribution in [1.82, 2.24) is 0 Å². The molecule has 0 rings (SSSR count). The first-order valence-corrected chi connectivity index (χ1v) is 4.30. The van der Waals surface area contributed by atoms with Crippen molar-refractivity contribution < 1.29 is 0 Å². The second-order valence-corrected chi connectivity index (χ2v) is 2.69. The van der Waals surface area contributed by atoms with E-state index in [9.17, 15) is 0 Å². The second kappa shape index (κ2) is 6.95. The van der Waals surface area contributed by atoms with E-state index in [0.717, 1.165) is 0 Å². The van der Waals surface area contributed by atoms with Gasteiger partial charge in [-0.05, 0) is 0 Å². The van der Waals surface area contributed by atoms with E-state index in [1.807, 2.05) is 11.8 Å². The summed E-state index contributed by atoms with van der Waals surface area (Å²) in [5.74, 6) is 1.34. The van der Waals surface area contributed by atoms with Gasteiger partial charge in [-0.25, -0.2) is 0 Å². The Morgan fingerprint density at radius 2 is 2.14 bits per heavy atom. The van der Waals surface area contributed by atoms with Crippen molar-refractivity contribution >= 4 is 29.5 Å². The number of hydrogen-bond acceptors (Lipinski definition) is 1. The van der Waals surface area contributed by atoms with Crippen molar-refractivity contribution in [2.45, 2.75) is 17.9 Å². The van der Waals surface area contributed by atoms with Gasteiger partial charge in [-0.15, -0.1) is 0 Å². The summed E-state index contributed by atoms with van der Waals surface area (Å²) in [4.78, 5) is 0. The number of unbranched alkanes of at least 4 members (excludes halogenated alkanes) is 1. The Balaban J connectivity index is 2.45. The molecule has 0 heterocycles. The van der Waals surface area contributed by atoms with Gasteiger partial charge >= 0.3 is 59.4 Å². The molecule has 0 aromatic rings. The first-order chi connectivity index (χ1) is 3.41. The topological polar surface area (TPSA) is 0 Å². The molecule has 7 heavy (non-hydrogen) atoms. The van der Waals surface area contributed by atoms with Crippen LogP contribution in [0.2, 0.25) is 5.09 Å². The summed E-state index contributed by atoms with van der Waals surface area (Å²) in [5, 5.41) is 1.35. The molecular formula is C5H11LiS. The zero-order valence-corrected chi connectivity index (χ0v) is 6.05. The van der Waals surface area contributed by atoms with Crippen molar-refractivity contribution in [2.75, 3.05) is 12.0 Å². The van der Waals surface area contributed by atoms with Gasteiger partial charge in [-0.1, -0.05) is 0 Å². The van der Waals surface area contributed by atoms with Crippen molar-refractivity contribution in [3.63, 3.8) is 0 Å². The summed E-state index contributed by atoms with van der Waals surface area (Å²) in [6.07, 6.45) is 4.97. The predicted molar refractivity (Wildman–Crippen MR) is 38.2 cm³/mol. The molecular weight excluding hydrogens is 99.1 g/mol. The molecule has 0 N–H and O–H groups in total. The average molecular weight is 110 g/mol. The molecule has 0 atom stereocenters. The quantitative estimate of drug-likeness (QED) is 0.392. The van der Waals surface area contributed by atoms with Gasteiger partial charge in [0, 0.05) is 0 Å². The molecule has 0 aliphatic heterocycles. The normalized spacial score (nSPS) is 9.57. The molecule has 0 aromatic heterocycles. The molecule has 0 unspecified atom stereocenters. The molecule has 0 amide bonds. The van der Waals surface area contributed by atoms with Gasteiger partial charge in [-0.3, -0.25) is 0 Å². The second-order valence-electron chi connectivity index (χ2n) is 1.70. The number of thioether (sulfide) groups is 1. The summed E-state index contributed by atoms with van der Waals surface area (Å²) >= 11 is 4.18. The summed E-state index contributed by atoms with van der Waals surface area (Å²) in [5.41, 5.74) is 0. The van der Waals surface area contributed by atoms with Crippen LogP contribution in [0.25, 0.3) is 0 Å². The van der Waals surface area contributed by atoms with Crippen LogP contribution in [0.4, 0.5) is 0 Å². The summed E-state index contributed by atoms with van der Waals surface area (Å²) in [7, 11) is 0. The third-order valence-electron chi connectivity index (χ3n) is 0.952. The van der Waals surface area contributed by atoms with Crippen LogP contribution in [0.15, 0.2) is 0 Å². The standard InChI is InChI=1S/C5H11S.Li/c1-3-4-5-6-2;/h1,3-5H2,2H3;.